The maximum Gasteiger partial charge on any atom is 0.245 e. The molecule has 7 nitrogen and oxygen atoms in total. The lowest BCUT2D eigenvalue weighted by Crippen LogP contribution is -2.36. The topological polar surface area (TPSA) is 95.4 Å². The molecule has 2 aromatic rings. The van der Waals surface area contributed by atoms with Gasteiger partial charge in [0.25, 0.3) is 0 Å². The zero-order valence-electron chi connectivity index (χ0n) is 11.7. The first-order chi connectivity index (χ1) is 9.92. The number of furan rings is 1. The summed E-state index contributed by atoms with van der Waals surface area (Å²) in [5.74, 6) is 0.643. The van der Waals surface area contributed by atoms with Crippen LogP contribution in [0.1, 0.15) is 11.8 Å². The van der Waals surface area contributed by atoms with Crippen LogP contribution in [0.15, 0.2) is 51.0 Å². The summed E-state index contributed by atoms with van der Waals surface area (Å²) in [7, 11) is -0.240. The molecule has 2 N–H and O–H groups in total. The predicted octanol–water partition coefficient (Wildman–Crippen LogP) is 0.549. The van der Waals surface area contributed by atoms with Crippen molar-refractivity contribution in [2.24, 2.45) is 0 Å². The summed E-state index contributed by atoms with van der Waals surface area (Å²) in [6.45, 7) is 0.0944. The Hall–Kier alpha value is -1.90. The molecule has 0 aliphatic rings. The number of hydrogen-bond acceptors (Lipinski definition) is 5. The number of nitrogens with one attached hydrogen (secondary N) is 2. The van der Waals surface area contributed by atoms with Crippen LogP contribution in [-0.2, 0) is 10.0 Å². The number of aromatic nitrogens is 1. The predicted molar refractivity (Wildman–Crippen MR) is 77.4 cm³/mol. The molecule has 0 saturated carbocycles. The molecule has 8 heteroatoms. The minimum atomic E-state index is -3.87. The van der Waals surface area contributed by atoms with Gasteiger partial charge in [0.15, 0.2) is 0 Å². The summed E-state index contributed by atoms with van der Waals surface area (Å²) in [6, 6.07) is 4.42. The van der Waals surface area contributed by atoms with Gasteiger partial charge in [-0.25, -0.2) is 13.1 Å². The van der Waals surface area contributed by atoms with Crippen molar-refractivity contribution >= 4 is 10.0 Å². The number of aromatic amines is 1. The first kappa shape index (κ1) is 15.5. The van der Waals surface area contributed by atoms with Gasteiger partial charge in [0, 0.05) is 25.0 Å². The van der Waals surface area contributed by atoms with Crippen molar-refractivity contribution in [3.63, 3.8) is 0 Å². The van der Waals surface area contributed by atoms with Gasteiger partial charge in [-0.15, -0.1) is 0 Å². The molecule has 21 heavy (non-hydrogen) atoms. The van der Waals surface area contributed by atoms with Gasteiger partial charge in [-0.05, 0) is 26.2 Å². The largest absolute Gasteiger partial charge is 0.468 e. The fraction of sp³-hybridized carbons (Fsp3) is 0.308. The molecule has 0 aliphatic heterocycles. The molecule has 0 amide bonds. The molecule has 114 valence electrons. The Labute approximate surface area is 122 Å². The number of likely N-dealkylation sites (N-methyl/N-ethyl adjacent to an activating group) is 1. The van der Waals surface area contributed by atoms with E-state index < -0.39 is 15.5 Å². The zero-order valence-corrected chi connectivity index (χ0v) is 12.6. The van der Waals surface area contributed by atoms with Gasteiger partial charge in [-0.1, -0.05) is 0 Å². The maximum atomic E-state index is 12.2. The Morgan fingerprint density at radius 3 is 2.71 bits per heavy atom. The summed E-state index contributed by atoms with van der Waals surface area (Å²) in [5, 5.41) is 0. The molecular formula is C13H17N3O4S. The number of rotatable bonds is 6. The third-order valence-electron chi connectivity index (χ3n) is 3.04. The van der Waals surface area contributed by atoms with Crippen LogP contribution in [0.25, 0.3) is 0 Å². The molecule has 0 spiro atoms. The van der Waals surface area contributed by atoms with Crippen LogP contribution < -0.4 is 10.2 Å². The van der Waals surface area contributed by atoms with E-state index in [1.807, 2.05) is 19.0 Å². The molecule has 2 heterocycles. The number of sulfonamides is 1. The molecular weight excluding hydrogens is 294 g/mol. The van der Waals surface area contributed by atoms with Crippen molar-refractivity contribution < 1.29 is 12.8 Å². The average Bonchev–Trinajstić information content (AvgIpc) is 2.92. The van der Waals surface area contributed by atoms with E-state index in [1.165, 1.54) is 24.7 Å². The Bertz CT molecular complexity index is 735. The van der Waals surface area contributed by atoms with E-state index in [0.717, 1.165) is 0 Å². The quantitative estimate of drug-likeness (QED) is 0.812. The highest BCUT2D eigenvalue weighted by atomic mass is 32.2. The van der Waals surface area contributed by atoms with E-state index >= 15 is 0 Å². The summed E-state index contributed by atoms with van der Waals surface area (Å²) in [5.41, 5.74) is -0.555. The van der Waals surface area contributed by atoms with Crippen LogP contribution in [-0.4, -0.2) is 38.9 Å². The standard InChI is InChI=1S/C13H17N3O4S/c1-16(2)10(12-4-3-7-20-12)8-15-21(18,19)13-9-14-6-5-11(13)17/h3-7,9-10,15H,8H2,1-2H3,(H,14,17). The van der Waals surface area contributed by atoms with Crippen LogP contribution in [0, 0.1) is 0 Å². The van der Waals surface area contributed by atoms with Gasteiger partial charge in [0.1, 0.15) is 10.7 Å². The Balaban J connectivity index is 2.18. The van der Waals surface area contributed by atoms with Crippen LogP contribution in [0.2, 0.25) is 0 Å². The van der Waals surface area contributed by atoms with Crippen molar-refractivity contribution in [1.82, 2.24) is 14.6 Å². The summed E-state index contributed by atoms with van der Waals surface area (Å²) < 4.78 is 32.1. The molecule has 2 aromatic heterocycles. The van der Waals surface area contributed by atoms with E-state index in [4.69, 9.17) is 4.42 Å². The van der Waals surface area contributed by atoms with E-state index in [1.54, 1.807) is 12.1 Å². The minimum Gasteiger partial charge on any atom is -0.468 e. The summed E-state index contributed by atoms with van der Waals surface area (Å²) >= 11 is 0. The maximum absolute atomic E-state index is 12.2. The first-order valence-electron chi connectivity index (χ1n) is 6.28. The number of pyridine rings is 1. The fourth-order valence-corrected chi connectivity index (χ4v) is 2.98. The Kier molecular flexibility index (Phi) is 4.61. The van der Waals surface area contributed by atoms with Gasteiger partial charge in [0.2, 0.25) is 15.5 Å². The molecule has 2 rings (SSSR count). The second-order valence-electron chi connectivity index (χ2n) is 4.72. The van der Waals surface area contributed by atoms with Gasteiger partial charge >= 0.3 is 0 Å². The highest BCUT2D eigenvalue weighted by Crippen LogP contribution is 2.18. The molecule has 1 unspecified atom stereocenters. The van der Waals surface area contributed by atoms with Crippen molar-refractivity contribution in [3.05, 3.63) is 52.8 Å². The van der Waals surface area contributed by atoms with Crippen molar-refractivity contribution in [2.45, 2.75) is 10.9 Å². The second kappa shape index (κ2) is 6.25. The zero-order chi connectivity index (χ0) is 15.5. The van der Waals surface area contributed by atoms with Gasteiger partial charge in [0.05, 0.1) is 12.3 Å². The average molecular weight is 311 g/mol. The molecule has 0 saturated heterocycles. The van der Waals surface area contributed by atoms with Crippen molar-refractivity contribution in [3.8, 4) is 0 Å². The molecule has 1 atom stereocenters. The lowest BCUT2D eigenvalue weighted by atomic mass is 10.2. The molecule has 0 fully saturated rings. The molecule has 0 aliphatic carbocycles. The molecule has 0 bridgehead atoms. The van der Waals surface area contributed by atoms with Gasteiger partial charge in [-0.2, -0.15) is 0 Å². The van der Waals surface area contributed by atoms with Crippen LogP contribution in [0.5, 0.6) is 0 Å². The van der Waals surface area contributed by atoms with Crippen LogP contribution in [0.4, 0.5) is 0 Å². The number of nitrogens with zero attached hydrogens (tertiary/aromatic N) is 1. The van der Waals surface area contributed by atoms with E-state index in [2.05, 4.69) is 9.71 Å². The SMILES string of the molecule is CN(C)C(CNS(=O)(=O)c1c[nH]ccc1=O)c1ccco1. The summed E-state index contributed by atoms with van der Waals surface area (Å²) in [4.78, 5) is 15.7. The lowest BCUT2D eigenvalue weighted by Gasteiger charge is -2.22. The molecule has 0 radical (unpaired) electrons. The fourth-order valence-electron chi connectivity index (χ4n) is 1.90. The van der Waals surface area contributed by atoms with Crippen LogP contribution in [0.3, 0.4) is 0 Å². The first-order valence-corrected chi connectivity index (χ1v) is 7.77. The third-order valence-corrected chi connectivity index (χ3v) is 4.48. The number of hydrogen-bond donors (Lipinski definition) is 2. The monoisotopic (exact) mass is 311 g/mol. The van der Waals surface area contributed by atoms with Gasteiger partial charge in [-0.3, -0.25) is 9.69 Å². The summed E-state index contributed by atoms with van der Waals surface area (Å²) in [6.07, 6.45) is 4.08. The Morgan fingerprint density at radius 1 is 1.38 bits per heavy atom. The third kappa shape index (κ3) is 3.60. The van der Waals surface area contributed by atoms with E-state index in [-0.39, 0.29) is 17.5 Å². The van der Waals surface area contributed by atoms with Crippen molar-refractivity contribution in [2.75, 3.05) is 20.6 Å². The van der Waals surface area contributed by atoms with Gasteiger partial charge < -0.3 is 9.40 Å². The lowest BCUT2D eigenvalue weighted by molar-refractivity contribution is 0.259. The number of H-pyrrole nitrogens is 1. The van der Waals surface area contributed by atoms with E-state index in [9.17, 15) is 13.2 Å². The smallest absolute Gasteiger partial charge is 0.245 e. The molecule has 0 aromatic carbocycles. The Morgan fingerprint density at radius 2 is 2.14 bits per heavy atom. The second-order valence-corrected chi connectivity index (χ2v) is 6.45. The minimum absolute atomic E-state index is 0.0944. The van der Waals surface area contributed by atoms with Crippen LogP contribution >= 0.6 is 0 Å². The highest BCUT2D eigenvalue weighted by Gasteiger charge is 2.22. The highest BCUT2D eigenvalue weighted by molar-refractivity contribution is 7.89. The van der Waals surface area contributed by atoms with E-state index in [0.29, 0.717) is 5.76 Å². The normalized spacial score (nSPS) is 13.5. The van der Waals surface area contributed by atoms with Crippen molar-refractivity contribution in [1.29, 1.82) is 0 Å².